The highest BCUT2D eigenvalue weighted by Crippen LogP contribution is 2.31. The van der Waals surface area contributed by atoms with Gasteiger partial charge in [0.15, 0.2) is 0 Å². The molecule has 0 saturated heterocycles. The van der Waals surface area contributed by atoms with Gasteiger partial charge in [-0.25, -0.2) is 0 Å². The van der Waals surface area contributed by atoms with Crippen LogP contribution in [0.2, 0.25) is 0 Å². The molecule has 1 aliphatic carbocycles. The Morgan fingerprint density at radius 1 is 1.21 bits per heavy atom. The maximum Gasteiger partial charge on any atom is 0.0847 e. The zero-order valence-electron chi connectivity index (χ0n) is 7.86. The number of alkyl halides is 1. The van der Waals surface area contributed by atoms with Crippen LogP contribution in [0.3, 0.4) is 0 Å². The fourth-order valence-corrected chi connectivity index (χ4v) is 2.12. The second kappa shape index (κ2) is 4.16. The average molecular weight is 209 g/mol. The predicted molar refractivity (Wildman–Crippen MR) is 59.3 cm³/mol. The van der Waals surface area contributed by atoms with Gasteiger partial charge in [0.05, 0.1) is 11.5 Å². The zero-order valence-corrected chi connectivity index (χ0v) is 8.61. The molecule has 2 rings (SSSR count). The highest BCUT2D eigenvalue weighted by Gasteiger charge is 2.24. The fraction of sp³-hybridized carbons (Fsp3) is 0.333. The van der Waals surface area contributed by atoms with E-state index in [1.165, 1.54) is 0 Å². The van der Waals surface area contributed by atoms with Crippen molar-refractivity contribution in [3.63, 3.8) is 0 Å². The zero-order chi connectivity index (χ0) is 9.97. The molecular weight excluding hydrogens is 196 g/mol. The SMILES string of the molecule is O[C@H]1CCC=C(c2ccccc2)[C@@H]1Cl. The molecule has 0 aromatic heterocycles. The molecule has 0 amide bonds. The number of rotatable bonds is 1. The van der Waals surface area contributed by atoms with Crippen LogP contribution in [-0.4, -0.2) is 16.6 Å². The lowest BCUT2D eigenvalue weighted by atomic mass is 9.91. The number of aliphatic hydroxyl groups excluding tert-OH is 1. The number of hydrogen-bond donors (Lipinski definition) is 1. The number of allylic oxidation sites excluding steroid dienone is 1. The van der Waals surface area contributed by atoms with Crippen molar-refractivity contribution >= 4 is 17.2 Å². The Morgan fingerprint density at radius 2 is 1.93 bits per heavy atom. The second-order valence-corrected chi connectivity index (χ2v) is 4.04. The Labute approximate surface area is 89.0 Å². The van der Waals surface area contributed by atoms with Gasteiger partial charge in [-0.05, 0) is 24.0 Å². The van der Waals surface area contributed by atoms with E-state index in [9.17, 15) is 5.11 Å². The summed E-state index contributed by atoms with van der Waals surface area (Å²) in [6.07, 6.45) is 3.40. The molecule has 0 saturated carbocycles. The van der Waals surface area contributed by atoms with E-state index in [1.54, 1.807) is 0 Å². The van der Waals surface area contributed by atoms with Crippen molar-refractivity contribution in [2.45, 2.75) is 24.3 Å². The Balaban J connectivity index is 2.30. The molecule has 14 heavy (non-hydrogen) atoms. The van der Waals surface area contributed by atoms with Crippen molar-refractivity contribution in [1.29, 1.82) is 0 Å². The molecule has 1 aliphatic rings. The first-order chi connectivity index (χ1) is 6.79. The van der Waals surface area contributed by atoms with E-state index >= 15 is 0 Å². The minimum absolute atomic E-state index is 0.258. The Hall–Kier alpha value is -0.790. The third-order valence-corrected chi connectivity index (χ3v) is 3.09. The molecule has 0 spiro atoms. The van der Waals surface area contributed by atoms with Gasteiger partial charge in [0.2, 0.25) is 0 Å². The summed E-state index contributed by atoms with van der Waals surface area (Å²) >= 11 is 6.15. The van der Waals surface area contributed by atoms with Crippen molar-refractivity contribution in [3.8, 4) is 0 Å². The molecule has 2 atom stereocenters. The van der Waals surface area contributed by atoms with Crippen LogP contribution in [0.25, 0.3) is 5.57 Å². The fourth-order valence-electron chi connectivity index (χ4n) is 1.78. The summed E-state index contributed by atoms with van der Waals surface area (Å²) in [5.74, 6) is 0. The summed E-state index contributed by atoms with van der Waals surface area (Å²) in [5.41, 5.74) is 2.18. The van der Waals surface area contributed by atoms with Gasteiger partial charge in [-0.2, -0.15) is 0 Å². The summed E-state index contributed by atoms with van der Waals surface area (Å²) in [6, 6.07) is 10.0. The molecule has 1 N–H and O–H groups in total. The van der Waals surface area contributed by atoms with Gasteiger partial charge in [-0.15, -0.1) is 11.6 Å². The number of halogens is 1. The van der Waals surface area contributed by atoms with Crippen LogP contribution in [0.4, 0.5) is 0 Å². The van der Waals surface area contributed by atoms with Gasteiger partial charge in [0, 0.05) is 0 Å². The highest BCUT2D eigenvalue weighted by molar-refractivity contribution is 6.27. The molecule has 0 heterocycles. The molecule has 2 heteroatoms. The smallest absolute Gasteiger partial charge is 0.0847 e. The van der Waals surface area contributed by atoms with Crippen molar-refractivity contribution < 1.29 is 5.11 Å². The summed E-state index contributed by atoms with van der Waals surface area (Å²) in [6.45, 7) is 0. The number of aliphatic hydroxyl groups is 1. The third kappa shape index (κ3) is 1.84. The van der Waals surface area contributed by atoms with E-state index < -0.39 is 6.10 Å². The average Bonchev–Trinajstić information content (AvgIpc) is 2.23. The first-order valence-corrected chi connectivity index (χ1v) is 5.30. The first-order valence-electron chi connectivity index (χ1n) is 4.86. The summed E-state index contributed by atoms with van der Waals surface area (Å²) in [5, 5.41) is 9.38. The first kappa shape index (κ1) is 9.75. The molecule has 0 unspecified atom stereocenters. The van der Waals surface area contributed by atoms with Gasteiger partial charge in [0.1, 0.15) is 0 Å². The molecular formula is C12H13ClO. The van der Waals surface area contributed by atoms with Gasteiger partial charge < -0.3 is 5.11 Å². The Morgan fingerprint density at radius 3 is 2.64 bits per heavy atom. The molecule has 1 aromatic rings. The van der Waals surface area contributed by atoms with Crippen LogP contribution < -0.4 is 0 Å². The van der Waals surface area contributed by atoms with Gasteiger partial charge >= 0.3 is 0 Å². The molecule has 0 radical (unpaired) electrons. The standard InChI is InChI=1S/C12H13ClO/c13-12-10(7-4-8-11(12)14)9-5-2-1-3-6-9/h1-3,5-7,11-12,14H,4,8H2/t11-,12-/m0/s1. The van der Waals surface area contributed by atoms with E-state index in [0.29, 0.717) is 0 Å². The Kier molecular flexibility index (Phi) is 2.90. The van der Waals surface area contributed by atoms with Crippen LogP contribution in [0, 0.1) is 0 Å². The summed E-state index contributed by atoms with van der Waals surface area (Å²) in [4.78, 5) is 0. The molecule has 0 bridgehead atoms. The number of benzene rings is 1. The summed E-state index contributed by atoms with van der Waals surface area (Å²) in [7, 11) is 0. The molecule has 1 nitrogen and oxygen atoms in total. The van der Waals surface area contributed by atoms with Crippen molar-refractivity contribution in [1.82, 2.24) is 0 Å². The minimum atomic E-state index is -0.406. The van der Waals surface area contributed by atoms with E-state index in [4.69, 9.17) is 11.6 Å². The van der Waals surface area contributed by atoms with Crippen LogP contribution in [0.15, 0.2) is 36.4 Å². The van der Waals surface area contributed by atoms with Crippen molar-refractivity contribution in [3.05, 3.63) is 42.0 Å². The molecule has 74 valence electrons. The van der Waals surface area contributed by atoms with Crippen molar-refractivity contribution in [2.75, 3.05) is 0 Å². The van der Waals surface area contributed by atoms with Crippen LogP contribution in [0.1, 0.15) is 18.4 Å². The van der Waals surface area contributed by atoms with Crippen molar-refractivity contribution in [2.24, 2.45) is 0 Å². The lowest BCUT2D eigenvalue weighted by molar-refractivity contribution is 0.170. The molecule has 0 aliphatic heterocycles. The minimum Gasteiger partial charge on any atom is -0.391 e. The van der Waals surface area contributed by atoms with Gasteiger partial charge in [-0.1, -0.05) is 36.4 Å². The quantitative estimate of drug-likeness (QED) is 0.704. The maximum atomic E-state index is 9.64. The topological polar surface area (TPSA) is 20.2 Å². The lowest BCUT2D eigenvalue weighted by Gasteiger charge is -2.24. The monoisotopic (exact) mass is 208 g/mol. The predicted octanol–water partition coefficient (Wildman–Crippen LogP) is 2.83. The van der Waals surface area contributed by atoms with E-state index in [2.05, 4.69) is 6.08 Å². The molecule has 1 aromatic carbocycles. The highest BCUT2D eigenvalue weighted by atomic mass is 35.5. The van der Waals surface area contributed by atoms with Gasteiger partial charge in [-0.3, -0.25) is 0 Å². The second-order valence-electron chi connectivity index (χ2n) is 3.57. The van der Waals surface area contributed by atoms with Crippen LogP contribution in [0.5, 0.6) is 0 Å². The largest absolute Gasteiger partial charge is 0.391 e. The van der Waals surface area contributed by atoms with Crippen LogP contribution >= 0.6 is 11.6 Å². The number of hydrogen-bond acceptors (Lipinski definition) is 1. The van der Waals surface area contributed by atoms with E-state index in [0.717, 1.165) is 24.0 Å². The third-order valence-electron chi connectivity index (χ3n) is 2.57. The summed E-state index contributed by atoms with van der Waals surface area (Å²) < 4.78 is 0. The van der Waals surface area contributed by atoms with E-state index in [1.807, 2.05) is 30.3 Å². The maximum absolute atomic E-state index is 9.64. The normalized spacial score (nSPS) is 27.1. The van der Waals surface area contributed by atoms with E-state index in [-0.39, 0.29) is 5.38 Å². The van der Waals surface area contributed by atoms with Crippen LogP contribution in [-0.2, 0) is 0 Å². The molecule has 0 fully saturated rings. The Bertz CT molecular complexity index is 331. The van der Waals surface area contributed by atoms with Gasteiger partial charge in [0.25, 0.3) is 0 Å². The lowest BCUT2D eigenvalue weighted by Crippen LogP contribution is -2.25.